The highest BCUT2D eigenvalue weighted by atomic mass is 19.1. The number of hydrogen-bond donors (Lipinski definition) is 1. The molecule has 1 aliphatic heterocycles. The number of carbonyl (C=O) groups excluding carboxylic acids is 1. The van der Waals surface area contributed by atoms with Crippen molar-refractivity contribution in [1.29, 1.82) is 0 Å². The SMILES string of the molecule is [2H]C1([2H])OC([2H])([2H])C([2H])([2H])N(c2cc(F)c3nc(-c4cnc(N(C)Cc5ccc(OC)cc5)c5nnc(NC(=O)[C@H]6C[C@H]6C)cc45)nn3c2)C1([2H])[2H]. The van der Waals surface area contributed by atoms with E-state index in [1.165, 1.54) is 6.20 Å². The van der Waals surface area contributed by atoms with Gasteiger partial charge in [0.1, 0.15) is 11.3 Å². The number of fused-ring (bicyclic) bond motifs is 2. The quantitative estimate of drug-likeness (QED) is 0.278. The van der Waals surface area contributed by atoms with Gasteiger partial charge in [0.25, 0.3) is 0 Å². The van der Waals surface area contributed by atoms with Gasteiger partial charge in [0, 0.05) is 55.7 Å². The first-order valence-electron chi connectivity index (χ1n) is 17.7. The van der Waals surface area contributed by atoms with Gasteiger partial charge in [0.15, 0.2) is 28.9 Å². The van der Waals surface area contributed by atoms with Crippen LogP contribution >= 0.6 is 0 Å². The maximum absolute atomic E-state index is 15.8. The normalized spacial score (nSPS) is 25.3. The van der Waals surface area contributed by atoms with Crippen molar-refractivity contribution in [2.75, 3.05) is 55.4 Å². The molecule has 1 N–H and O–H groups in total. The van der Waals surface area contributed by atoms with Crippen molar-refractivity contribution >= 4 is 39.8 Å². The number of methoxy groups -OCH3 is 1. The lowest BCUT2D eigenvalue weighted by molar-refractivity contribution is -0.117. The summed E-state index contributed by atoms with van der Waals surface area (Å²) in [6.07, 6.45) is 3.22. The Labute approximate surface area is 264 Å². The number of pyridine rings is 2. The van der Waals surface area contributed by atoms with Crippen molar-refractivity contribution in [2.24, 2.45) is 11.8 Å². The summed E-state index contributed by atoms with van der Waals surface area (Å²) in [5.41, 5.74) is 0.588. The number of hydrogen-bond acceptors (Lipinski definition) is 10. The average molecular weight is 606 g/mol. The van der Waals surface area contributed by atoms with Gasteiger partial charge in [-0.05, 0) is 36.1 Å². The van der Waals surface area contributed by atoms with Crippen LogP contribution in [0.1, 0.15) is 29.9 Å². The minimum atomic E-state index is -3.35. The number of carbonyl (C=O) groups is 1. The molecule has 226 valence electrons. The van der Waals surface area contributed by atoms with Crippen molar-refractivity contribution in [3.63, 3.8) is 0 Å². The molecule has 0 spiro atoms. The summed E-state index contributed by atoms with van der Waals surface area (Å²) in [6.45, 7) is -10.9. The molecule has 7 rings (SSSR count). The van der Waals surface area contributed by atoms with Crippen molar-refractivity contribution < 1.29 is 29.6 Å². The number of aromatic nitrogens is 6. The molecule has 1 aromatic carbocycles. The van der Waals surface area contributed by atoms with E-state index in [1.54, 1.807) is 13.2 Å². The van der Waals surface area contributed by atoms with E-state index in [2.05, 4.69) is 35.3 Å². The molecule has 44 heavy (non-hydrogen) atoms. The summed E-state index contributed by atoms with van der Waals surface area (Å²) in [5.74, 6) is 0.0192. The zero-order chi connectivity index (χ0) is 37.5. The molecule has 12 nitrogen and oxygen atoms in total. The smallest absolute Gasteiger partial charge is 0.228 e. The zero-order valence-corrected chi connectivity index (χ0v) is 23.9. The van der Waals surface area contributed by atoms with E-state index in [9.17, 15) is 4.79 Å². The molecule has 13 heteroatoms. The fraction of sp³-hybridized carbons (Fsp3) is 0.355. The lowest BCUT2D eigenvalue weighted by Crippen LogP contribution is -2.36. The van der Waals surface area contributed by atoms with Crippen LogP contribution in [-0.4, -0.2) is 76.0 Å². The van der Waals surface area contributed by atoms with E-state index in [-0.39, 0.29) is 45.5 Å². The van der Waals surface area contributed by atoms with E-state index in [0.717, 1.165) is 22.7 Å². The number of ether oxygens (including phenoxy) is 2. The number of morpholine rings is 1. The van der Waals surface area contributed by atoms with Crippen molar-refractivity contribution in [3.8, 4) is 17.1 Å². The van der Waals surface area contributed by atoms with E-state index in [4.69, 9.17) is 15.7 Å². The Morgan fingerprint density at radius 2 is 2.00 bits per heavy atom. The van der Waals surface area contributed by atoms with Gasteiger partial charge >= 0.3 is 0 Å². The Bertz CT molecular complexity index is 2200. The van der Waals surface area contributed by atoms with Crippen LogP contribution in [0, 0.1) is 17.7 Å². The van der Waals surface area contributed by atoms with Gasteiger partial charge in [-0.25, -0.2) is 18.9 Å². The van der Waals surface area contributed by atoms with Gasteiger partial charge in [-0.1, -0.05) is 19.1 Å². The Kier molecular flexibility index (Phi) is 5.17. The first kappa shape index (κ1) is 20.1. The molecule has 2 aliphatic rings. The topological polar surface area (TPSA) is 123 Å². The van der Waals surface area contributed by atoms with Crippen molar-refractivity contribution in [2.45, 2.75) is 19.9 Å². The Morgan fingerprint density at radius 1 is 1.23 bits per heavy atom. The summed E-state index contributed by atoms with van der Waals surface area (Å²) in [4.78, 5) is 23.8. The third-order valence-electron chi connectivity index (χ3n) is 7.54. The molecule has 5 heterocycles. The van der Waals surface area contributed by atoms with Crippen LogP contribution in [0.4, 0.5) is 21.7 Å². The molecule has 1 amide bonds. The molecule has 1 saturated carbocycles. The number of anilines is 3. The van der Waals surface area contributed by atoms with Gasteiger partial charge in [0.05, 0.1) is 43.1 Å². The Morgan fingerprint density at radius 3 is 2.73 bits per heavy atom. The lowest BCUT2D eigenvalue weighted by Gasteiger charge is -2.28. The monoisotopic (exact) mass is 605 g/mol. The molecule has 1 aliphatic carbocycles. The number of nitrogens with one attached hydrogen (secondary N) is 1. The van der Waals surface area contributed by atoms with Crippen LogP contribution in [0.3, 0.4) is 0 Å². The molecule has 0 bridgehead atoms. The van der Waals surface area contributed by atoms with Crippen LogP contribution in [0.2, 0.25) is 0 Å². The van der Waals surface area contributed by atoms with Crippen molar-refractivity contribution in [3.05, 3.63) is 60.2 Å². The highest BCUT2D eigenvalue weighted by Crippen LogP contribution is 2.39. The van der Waals surface area contributed by atoms with Crippen LogP contribution in [-0.2, 0) is 16.1 Å². The fourth-order valence-electron chi connectivity index (χ4n) is 5.01. The number of amides is 1. The predicted molar refractivity (Wildman–Crippen MR) is 163 cm³/mol. The Hall–Kier alpha value is -4.91. The summed E-state index contributed by atoms with van der Waals surface area (Å²) < 4.78 is 92.1. The Balaban J connectivity index is 1.33. The van der Waals surface area contributed by atoms with E-state index >= 15 is 4.39 Å². The van der Waals surface area contributed by atoms with E-state index in [1.807, 2.05) is 43.1 Å². The molecule has 0 radical (unpaired) electrons. The number of halogens is 1. The minimum absolute atomic E-state index is 0.0716. The molecular formula is C31H32FN9O3. The van der Waals surface area contributed by atoms with Gasteiger partial charge < -0.3 is 24.6 Å². The summed E-state index contributed by atoms with van der Waals surface area (Å²) >= 11 is 0. The van der Waals surface area contributed by atoms with Crippen molar-refractivity contribution in [1.82, 2.24) is 29.8 Å². The largest absolute Gasteiger partial charge is 0.497 e. The fourth-order valence-corrected chi connectivity index (χ4v) is 5.01. The van der Waals surface area contributed by atoms with Crippen LogP contribution in [0.15, 0.2) is 48.8 Å². The van der Waals surface area contributed by atoms with E-state index < -0.39 is 37.6 Å². The highest BCUT2D eigenvalue weighted by molar-refractivity contribution is 6.01. The second-order valence-corrected chi connectivity index (χ2v) is 10.6. The lowest BCUT2D eigenvalue weighted by atomic mass is 10.1. The van der Waals surface area contributed by atoms with Gasteiger partial charge in [-0.15, -0.1) is 15.3 Å². The molecule has 2 fully saturated rings. The molecular weight excluding hydrogens is 565 g/mol. The third-order valence-corrected chi connectivity index (χ3v) is 7.54. The van der Waals surface area contributed by atoms with Gasteiger partial charge in [-0.3, -0.25) is 4.79 Å². The summed E-state index contributed by atoms with van der Waals surface area (Å²) in [5, 5.41) is 16.2. The maximum Gasteiger partial charge on any atom is 0.228 e. The zero-order valence-electron chi connectivity index (χ0n) is 31.9. The predicted octanol–water partition coefficient (Wildman–Crippen LogP) is 3.95. The number of benzene rings is 1. The second-order valence-electron chi connectivity index (χ2n) is 10.6. The molecule has 5 aromatic rings. The van der Waals surface area contributed by atoms with E-state index in [0.29, 0.717) is 35.1 Å². The molecule has 1 saturated heterocycles. The third kappa shape index (κ3) is 5.34. The number of nitrogens with zero attached hydrogens (tertiary/aromatic N) is 8. The summed E-state index contributed by atoms with van der Waals surface area (Å²) in [6, 6.07) is 9.78. The number of rotatable bonds is 8. The molecule has 0 unspecified atom stereocenters. The molecule has 4 aromatic heterocycles. The standard InChI is InChI=1S/C31H32FN9O3/c1-18-12-22(18)31(42)34-26-14-23-24(28-35-29-25(32)13-20(17-41(29)38-28)40-8-10-44-11-9-40)15-33-30(27(23)37-36-26)39(2)16-19-4-6-21(43-3)7-5-19/h4-7,13-15,17-18,22H,8-12,16H2,1-3H3,(H,34,36,42)/t18-,22+/m1/s1/i8D2,9D2,10D2,11D2. The second kappa shape index (κ2) is 11.3. The first-order valence-corrected chi connectivity index (χ1v) is 13.7. The molecule has 2 atom stereocenters. The highest BCUT2D eigenvalue weighted by Gasteiger charge is 2.39. The van der Waals surface area contributed by atoms with Gasteiger partial charge in [0.2, 0.25) is 5.91 Å². The van der Waals surface area contributed by atoms with Crippen LogP contribution in [0.25, 0.3) is 27.9 Å². The van der Waals surface area contributed by atoms with Crippen LogP contribution in [0.5, 0.6) is 5.75 Å². The maximum atomic E-state index is 15.8. The average Bonchev–Trinajstić information content (AvgIpc) is 3.65. The summed E-state index contributed by atoms with van der Waals surface area (Å²) in [7, 11) is 3.39. The first-order chi connectivity index (χ1) is 24.3. The van der Waals surface area contributed by atoms with Crippen LogP contribution < -0.4 is 19.9 Å². The van der Waals surface area contributed by atoms with Gasteiger partial charge in [-0.2, -0.15) is 0 Å². The minimum Gasteiger partial charge on any atom is -0.497 e.